The van der Waals surface area contributed by atoms with Gasteiger partial charge in [-0.25, -0.2) is 0 Å². The smallest absolute Gasteiger partial charge is 0.161 e. The fraction of sp³-hybridized carbons (Fsp3) is 0.538. The van der Waals surface area contributed by atoms with Crippen LogP contribution in [0.4, 0.5) is 0 Å². The van der Waals surface area contributed by atoms with Crippen LogP contribution in [0.25, 0.3) is 0 Å². The van der Waals surface area contributed by atoms with E-state index in [0.29, 0.717) is 0 Å². The highest BCUT2D eigenvalue weighted by atomic mass is 16.3. The Hall–Kier alpha value is -1.18. The highest BCUT2D eigenvalue weighted by Crippen LogP contribution is 2.36. The second kappa shape index (κ2) is 5.06. The molecule has 0 heterocycles. The normalized spacial score (nSPS) is 10.6. The van der Waals surface area contributed by atoms with Gasteiger partial charge in [0.05, 0.1) is 0 Å². The van der Waals surface area contributed by atoms with Gasteiger partial charge in [0.1, 0.15) is 0 Å². The molecule has 2 nitrogen and oxygen atoms in total. The Bertz CT molecular complexity index is 343. The molecular weight excluding hydrogens is 188 g/mol. The molecule has 0 spiro atoms. The molecule has 0 saturated heterocycles. The second-order valence-corrected chi connectivity index (χ2v) is 3.99. The maximum atomic E-state index is 9.81. The highest BCUT2D eigenvalue weighted by Gasteiger charge is 2.12. The molecule has 0 bridgehead atoms. The summed E-state index contributed by atoms with van der Waals surface area (Å²) >= 11 is 0. The first-order chi connectivity index (χ1) is 7.11. The molecule has 0 fully saturated rings. The van der Waals surface area contributed by atoms with Crippen molar-refractivity contribution < 1.29 is 10.2 Å². The summed E-state index contributed by atoms with van der Waals surface area (Å²) in [7, 11) is 0. The lowest BCUT2D eigenvalue weighted by Gasteiger charge is -2.12. The zero-order valence-corrected chi connectivity index (χ0v) is 9.80. The van der Waals surface area contributed by atoms with Crippen LogP contribution >= 0.6 is 0 Å². The van der Waals surface area contributed by atoms with E-state index in [1.165, 1.54) is 0 Å². The van der Waals surface area contributed by atoms with Crippen molar-refractivity contribution in [3.8, 4) is 11.5 Å². The van der Waals surface area contributed by atoms with Crippen molar-refractivity contribution in [2.75, 3.05) is 0 Å². The standard InChI is InChI=1S/C13H20O2/c1-4-6-7-10-8-9(3)11(5-2)13(15)12(10)14/h8,14-15H,4-7H2,1-3H3. The average molecular weight is 208 g/mol. The molecule has 0 saturated carbocycles. The third kappa shape index (κ3) is 2.44. The van der Waals surface area contributed by atoms with Crippen molar-refractivity contribution in [3.05, 3.63) is 22.8 Å². The van der Waals surface area contributed by atoms with Crippen molar-refractivity contribution in [2.24, 2.45) is 0 Å². The summed E-state index contributed by atoms with van der Waals surface area (Å²) in [6, 6.07) is 1.99. The van der Waals surface area contributed by atoms with Crippen LogP contribution in [0.15, 0.2) is 6.07 Å². The molecule has 0 aromatic heterocycles. The van der Waals surface area contributed by atoms with Crippen molar-refractivity contribution in [2.45, 2.75) is 46.5 Å². The largest absolute Gasteiger partial charge is 0.504 e. The lowest BCUT2D eigenvalue weighted by Crippen LogP contribution is -1.94. The van der Waals surface area contributed by atoms with Crippen LogP contribution in [0.3, 0.4) is 0 Å². The van der Waals surface area contributed by atoms with Crippen molar-refractivity contribution in [1.29, 1.82) is 0 Å². The van der Waals surface area contributed by atoms with E-state index in [4.69, 9.17) is 0 Å². The molecule has 1 aromatic rings. The molecule has 0 aliphatic carbocycles. The van der Waals surface area contributed by atoms with Gasteiger partial charge in [0.15, 0.2) is 11.5 Å². The Morgan fingerprint density at radius 2 is 1.80 bits per heavy atom. The van der Waals surface area contributed by atoms with Gasteiger partial charge in [-0.15, -0.1) is 0 Å². The van der Waals surface area contributed by atoms with E-state index in [-0.39, 0.29) is 11.5 Å². The van der Waals surface area contributed by atoms with Crippen LogP contribution in [0.5, 0.6) is 11.5 Å². The number of phenolic OH excluding ortho intramolecular Hbond substituents is 2. The number of benzene rings is 1. The number of aryl methyl sites for hydroxylation is 2. The molecular formula is C13H20O2. The summed E-state index contributed by atoms with van der Waals surface area (Å²) in [6.45, 7) is 6.07. The quantitative estimate of drug-likeness (QED) is 0.745. The van der Waals surface area contributed by atoms with E-state index in [1.54, 1.807) is 0 Å². The van der Waals surface area contributed by atoms with Crippen LogP contribution < -0.4 is 0 Å². The Morgan fingerprint density at radius 3 is 2.33 bits per heavy atom. The summed E-state index contributed by atoms with van der Waals surface area (Å²) in [5, 5.41) is 19.6. The number of aromatic hydroxyl groups is 2. The molecule has 84 valence electrons. The van der Waals surface area contributed by atoms with E-state index in [1.807, 2.05) is 19.9 Å². The Labute approximate surface area is 91.6 Å². The topological polar surface area (TPSA) is 40.5 Å². The summed E-state index contributed by atoms with van der Waals surface area (Å²) in [4.78, 5) is 0. The molecule has 0 amide bonds. The van der Waals surface area contributed by atoms with Gasteiger partial charge in [-0.1, -0.05) is 26.3 Å². The third-order valence-electron chi connectivity index (χ3n) is 2.83. The summed E-state index contributed by atoms with van der Waals surface area (Å²) in [5.41, 5.74) is 2.79. The number of hydrogen-bond acceptors (Lipinski definition) is 2. The Balaban J connectivity index is 3.10. The number of hydrogen-bond donors (Lipinski definition) is 2. The lowest BCUT2D eigenvalue weighted by atomic mass is 9.98. The summed E-state index contributed by atoms with van der Waals surface area (Å²) < 4.78 is 0. The second-order valence-electron chi connectivity index (χ2n) is 3.99. The molecule has 1 aromatic carbocycles. The van der Waals surface area contributed by atoms with Crippen molar-refractivity contribution >= 4 is 0 Å². The van der Waals surface area contributed by atoms with Gasteiger partial charge < -0.3 is 10.2 Å². The molecule has 0 unspecified atom stereocenters. The van der Waals surface area contributed by atoms with Gasteiger partial charge in [0.2, 0.25) is 0 Å². The van der Waals surface area contributed by atoms with Gasteiger partial charge in [-0.3, -0.25) is 0 Å². The molecule has 1 rings (SSSR count). The van der Waals surface area contributed by atoms with Gasteiger partial charge >= 0.3 is 0 Å². The van der Waals surface area contributed by atoms with Crippen LogP contribution in [-0.2, 0) is 12.8 Å². The van der Waals surface area contributed by atoms with Gasteiger partial charge in [-0.05, 0) is 37.3 Å². The van der Waals surface area contributed by atoms with Crippen LogP contribution in [0.1, 0.15) is 43.4 Å². The van der Waals surface area contributed by atoms with Crippen molar-refractivity contribution in [1.82, 2.24) is 0 Å². The van der Waals surface area contributed by atoms with E-state index in [2.05, 4.69) is 6.92 Å². The monoisotopic (exact) mass is 208 g/mol. The lowest BCUT2D eigenvalue weighted by molar-refractivity contribution is 0.394. The summed E-state index contributed by atoms with van der Waals surface area (Å²) in [6.07, 6.45) is 3.71. The van der Waals surface area contributed by atoms with Crippen LogP contribution in [0, 0.1) is 6.92 Å². The van der Waals surface area contributed by atoms with Crippen LogP contribution in [0.2, 0.25) is 0 Å². The van der Waals surface area contributed by atoms with E-state index in [9.17, 15) is 10.2 Å². The fourth-order valence-corrected chi connectivity index (χ4v) is 1.90. The fourth-order valence-electron chi connectivity index (χ4n) is 1.90. The Kier molecular flexibility index (Phi) is 4.01. The molecule has 0 radical (unpaired) electrons. The van der Waals surface area contributed by atoms with E-state index in [0.717, 1.165) is 42.4 Å². The zero-order chi connectivity index (χ0) is 11.4. The van der Waals surface area contributed by atoms with Gasteiger partial charge in [0, 0.05) is 5.56 Å². The minimum atomic E-state index is 0.0728. The van der Waals surface area contributed by atoms with Crippen LogP contribution in [-0.4, -0.2) is 10.2 Å². The molecule has 0 aliphatic rings. The average Bonchev–Trinajstić information content (AvgIpc) is 2.22. The Morgan fingerprint density at radius 1 is 1.13 bits per heavy atom. The third-order valence-corrected chi connectivity index (χ3v) is 2.83. The summed E-state index contributed by atoms with van der Waals surface area (Å²) in [5.74, 6) is 0.148. The van der Waals surface area contributed by atoms with Crippen molar-refractivity contribution in [3.63, 3.8) is 0 Å². The molecule has 0 atom stereocenters. The number of unbranched alkanes of at least 4 members (excludes halogenated alkanes) is 1. The molecule has 2 N–H and O–H groups in total. The zero-order valence-electron chi connectivity index (χ0n) is 9.80. The maximum absolute atomic E-state index is 9.81. The predicted octanol–water partition coefficient (Wildman–Crippen LogP) is 3.31. The first kappa shape index (κ1) is 11.9. The number of phenols is 2. The van der Waals surface area contributed by atoms with Gasteiger partial charge in [-0.2, -0.15) is 0 Å². The minimum Gasteiger partial charge on any atom is -0.504 e. The highest BCUT2D eigenvalue weighted by molar-refractivity contribution is 5.53. The molecule has 15 heavy (non-hydrogen) atoms. The SMILES string of the molecule is CCCCc1cc(C)c(CC)c(O)c1O. The first-order valence-corrected chi connectivity index (χ1v) is 5.65. The molecule has 2 heteroatoms. The van der Waals surface area contributed by atoms with E-state index >= 15 is 0 Å². The van der Waals surface area contributed by atoms with Gasteiger partial charge in [0.25, 0.3) is 0 Å². The minimum absolute atomic E-state index is 0.0728. The predicted molar refractivity (Wildman–Crippen MR) is 62.5 cm³/mol. The first-order valence-electron chi connectivity index (χ1n) is 5.65. The van der Waals surface area contributed by atoms with E-state index < -0.39 is 0 Å². The molecule has 0 aliphatic heterocycles. The maximum Gasteiger partial charge on any atom is 0.161 e. The number of rotatable bonds is 4.